The van der Waals surface area contributed by atoms with Crippen molar-refractivity contribution in [2.24, 2.45) is 11.7 Å². The molecule has 0 saturated carbocycles. The van der Waals surface area contributed by atoms with Crippen molar-refractivity contribution < 1.29 is 8.42 Å². The van der Waals surface area contributed by atoms with Crippen LogP contribution in [0.2, 0.25) is 0 Å². The molecule has 19 heavy (non-hydrogen) atoms. The monoisotopic (exact) mass is 302 g/mol. The molecule has 0 amide bonds. The van der Waals surface area contributed by atoms with Crippen molar-refractivity contribution in [3.63, 3.8) is 0 Å². The summed E-state index contributed by atoms with van der Waals surface area (Å²) >= 11 is 1.61. The first-order valence-corrected chi connectivity index (χ1v) is 9.25. The number of thiophene rings is 1. The lowest BCUT2D eigenvalue weighted by Crippen LogP contribution is -2.52. The number of hydrogen-bond acceptors (Lipinski definition) is 4. The van der Waals surface area contributed by atoms with E-state index in [0.717, 1.165) is 17.7 Å². The van der Waals surface area contributed by atoms with Crippen LogP contribution in [0.3, 0.4) is 0 Å². The molecule has 1 aromatic rings. The van der Waals surface area contributed by atoms with Crippen molar-refractivity contribution >= 4 is 21.4 Å². The summed E-state index contributed by atoms with van der Waals surface area (Å²) in [5.41, 5.74) is 5.77. The predicted molar refractivity (Wildman–Crippen MR) is 79.8 cm³/mol. The highest BCUT2D eigenvalue weighted by atomic mass is 32.2. The van der Waals surface area contributed by atoms with Crippen molar-refractivity contribution in [2.75, 3.05) is 18.8 Å². The lowest BCUT2D eigenvalue weighted by atomic mass is 9.93. The van der Waals surface area contributed by atoms with Gasteiger partial charge in [0.1, 0.15) is 0 Å². The largest absolute Gasteiger partial charge is 0.329 e. The lowest BCUT2D eigenvalue weighted by molar-refractivity contribution is 0.192. The standard InChI is InChI=1S/C13H22N2O2S2/c1-11-4-2-7-15(13(11)10-14)19(16,17)9-6-12-5-3-8-18-12/h3,5,8,11,13H,2,4,6-7,9-10,14H2,1H3. The van der Waals surface area contributed by atoms with Crippen LogP contribution in [0.5, 0.6) is 0 Å². The van der Waals surface area contributed by atoms with Gasteiger partial charge in [0, 0.05) is 24.0 Å². The summed E-state index contributed by atoms with van der Waals surface area (Å²) in [6.45, 7) is 3.14. The van der Waals surface area contributed by atoms with E-state index in [1.807, 2.05) is 17.5 Å². The molecule has 1 aromatic heterocycles. The molecular weight excluding hydrogens is 280 g/mol. The zero-order valence-corrected chi connectivity index (χ0v) is 12.9. The molecule has 2 rings (SSSR count). The molecule has 1 saturated heterocycles. The highest BCUT2D eigenvalue weighted by Gasteiger charge is 2.35. The number of nitrogens with two attached hydrogens (primary N) is 1. The molecule has 0 radical (unpaired) electrons. The molecule has 1 aliphatic heterocycles. The molecule has 2 heterocycles. The Bertz CT molecular complexity index is 485. The third-order valence-electron chi connectivity index (χ3n) is 3.85. The molecule has 4 nitrogen and oxygen atoms in total. The van der Waals surface area contributed by atoms with E-state index < -0.39 is 10.0 Å². The fourth-order valence-electron chi connectivity index (χ4n) is 2.71. The van der Waals surface area contributed by atoms with Gasteiger partial charge in [0.15, 0.2) is 0 Å². The number of aryl methyl sites for hydroxylation is 1. The molecule has 0 spiro atoms. The summed E-state index contributed by atoms with van der Waals surface area (Å²) in [5, 5.41) is 1.98. The Morgan fingerprint density at radius 3 is 2.95 bits per heavy atom. The van der Waals surface area contributed by atoms with E-state index in [9.17, 15) is 8.42 Å². The number of rotatable bonds is 5. The van der Waals surface area contributed by atoms with Gasteiger partial charge in [-0.2, -0.15) is 4.31 Å². The van der Waals surface area contributed by atoms with Gasteiger partial charge >= 0.3 is 0 Å². The number of nitrogens with zero attached hydrogens (tertiary/aromatic N) is 1. The lowest BCUT2D eigenvalue weighted by Gasteiger charge is -2.38. The second kappa shape index (κ2) is 6.35. The first-order chi connectivity index (χ1) is 9.04. The maximum Gasteiger partial charge on any atom is 0.214 e. The summed E-state index contributed by atoms with van der Waals surface area (Å²) in [7, 11) is -3.19. The maximum atomic E-state index is 12.5. The van der Waals surface area contributed by atoms with Gasteiger partial charge in [0.25, 0.3) is 0 Å². The molecule has 1 fully saturated rings. The Morgan fingerprint density at radius 1 is 1.53 bits per heavy atom. The molecule has 0 bridgehead atoms. The first kappa shape index (κ1) is 15.0. The maximum absolute atomic E-state index is 12.5. The molecule has 0 aromatic carbocycles. The minimum absolute atomic E-state index is 0.0258. The third-order valence-corrected chi connectivity index (χ3v) is 6.67. The van der Waals surface area contributed by atoms with Crippen molar-refractivity contribution in [2.45, 2.75) is 32.2 Å². The van der Waals surface area contributed by atoms with E-state index in [4.69, 9.17) is 5.73 Å². The van der Waals surface area contributed by atoms with Crippen molar-refractivity contribution in [3.8, 4) is 0 Å². The predicted octanol–water partition coefficient (Wildman–Crippen LogP) is 1.68. The van der Waals surface area contributed by atoms with Gasteiger partial charge in [0.2, 0.25) is 10.0 Å². The van der Waals surface area contributed by atoms with Crippen LogP contribution in [0, 0.1) is 5.92 Å². The van der Waals surface area contributed by atoms with E-state index in [1.54, 1.807) is 15.6 Å². The average molecular weight is 302 g/mol. The van der Waals surface area contributed by atoms with Crippen LogP contribution in [0.1, 0.15) is 24.6 Å². The van der Waals surface area contributed by atoms with Crippen molar-refractivity contribution in [1.82, 2.24) is 4.31 Å². The van der Waals surface area contributed by atoms with E-state index in [1.165, 1.54) is 0 Å². The topological polar surface area (TPSA) is 63.4 Å². The molecule has 2 atom stereocenters. The number of piperidine rings is 1. The summed E-state index contributed by atoms with van der Waals surface area (Å²) in [4.78, 5) is 1.12. The molecular formula is C13H22N2O2S2. The average Bonchev–Trinajstić information content (AvgIpc) is 2.89. The molecule has 108 valence electrons. The van der Waals surface area contributed by atoms with E-state index in [0.29, 0.717) is 25.4 Å². The zero-order chi connectivity index (χ0) is 13.9. The summed E-state index contributed by atoms with van der Waals surface area (Å²) in [6, 6.07) is 3.92. The van der Waals surface area contributed by atoms with Crippen LogP contribution in [-0.2, 0) is 16.4 Å². The van der Waals surface area contributed by atoms with Crippen LogP contribution in [0.4, 0.5) is 0 Å². The summed E-state index contributed by atoms with van der Waals surface area (Å²) in [6.07, 6.45) is 2.61. The highest BCUT2D eigenvalue weighted by Crippen LogP contribution is 2.26. The molecule has 2 N–H and O–H groups in total. The molecule has 1 aliphatic rings. The minimum atomic E-state index is -3.19. The van der Waals surface area contributed by atoms with E-state index in [-0.39, 0.29) is 11.8 Å². The van der Waals surface area contributed by atoms with Crippen LogP contribution in [0.25, 0.3) is 0 Å². The Balaban J connectivity index is 2.05. The van der Waals surface area contributed by atoms with Crippen LogP contribution >= 0.6 is 11.3 Å². The third kappa shape index (κ3) is 3.56. The SMILES string of the molecule is CC1CCCN(S(=O)(=O)CCc2cccs2)C1CN. The van der Waals surface area contributed by atoms with Gasteiger partial charge in [-0.3, -0.25) is 0 Å². The summed E-state index contributed by atoms with van der Waals surface area (Å²) in [5.74, 6) is 0.548. The fraction of sp³-hybridized carbons (Fsp3) is 0.692. The Labute approximate surface area is 119 Å². The van der Waals surface area contributed by atoms with Gasteiger partial charge < -0.3 is 5.73 Å². The van der Waals surface area contributed by atoms with Gasteiger partial charge in [0.05, 0.1) is 5.75 Å². The minimum Gasteiger partial charge on any atom is -0.329 e. The van der Waals surface area contributed by atoms with Crippen LogP contribution in [0.15, 0.2) is 17.5 Å². The Kier molecular flexibility index (Phi) is 5.00. The van der Waals surface area contributed by atoms with Gasteiger partial charge in [-0.15, -0.1) is 11.3 Å². The summed E-state index contributed by atoms with van der Waals surface area (Å²) < 4.78 is 26.6. The number of hydrogen-bond donors (Lipinski definition) is 1. The van der Waals surface area contributed by atoms with Gasteiger partial charge in [-0.05, 0) is 36.6 Å². The van der Waals surface area contributed by atoms with Gasteiger partial charge in [-0.1, -0.05) is 13.0 Å². The fourth-order valence-corrected chi connectivity index (χ4v) is 5.37. The highest BCUT2D eigenvalue weighted by molar-refractivity contribution is 7.89. The quantitative estimate of drug-likeness (QED) is 0.900. The van der Waals surface area contributed by atoms with E-state index >= 15 is 0 Å². The first-order valence-electron chi connectivity index (χ1n) is 6.76. The second-order valence-corrected chi connectivity index (χ2v) is 8.25. The van der Waals surface area contributed by atoms with E-state index in [2.05, 4.69) is 6.92 Å². The van der Waals surface area contributed by atoms with Crippen molar-refractivity contribution in [3.05, 3.63) is 22.4 Å². The normalized spacial score (nSPS) is 25.6. The van der Waals surface area contributed by atoms with Crippen LogP contribution in [-0.4, -0.2) is 37.6 Å². The molecule has 2 unspecified atom stereocenters. The Morgan fingerprint density at radius 2 is 2.32 bits per heavy atom. The molecule has 6 heteroatoms. The number of sulfonamides is 1. The molecule has 0 aliphatic carbocycles. The van der Waals surface area contributed by atoms with Gasteiger partial charge in [-0.25, -0.2) is 8.42 Å². The van der Waals surface area contributed by atoms with Crippen molar-refractivity contribution in [1.29, 1.82) is 0 Å². The second-order valence-electron chi connectivity index (χ2n) is 5.18. The van der Waals surface area contributed by atoms with Crippen LogP contribution < -0.4 is 5.73 Å². The smallest absolute Gasteiger partial charge is 0.214 e. The Hall–Kier alpha value is -0.430. The zero-order valence-electron chi connectivity index (χ0n) is 11.3.